The number of hydrogen-bond acceptors (Lipinski definition) is 1. The van der Waals surface area contributed by atoms with Crippen LogP contribution in [0.4, 0.5) is 0 Å². The van der Waals surface area contributed by atoms with Gasteiger partial charge in [-0.25, -0.2) is 0 Å². The van der Waals surface area contributed by atoms with E-state index in [1.54, 1.807) is 0 Å². The van der Waals surface area contributed by atoms with Gasteiger partial charge in [-0.05, 0) is 66.7 Å². The van der Waals surface area contributed by atoms with Crippen LogP contribution >= 0.6 is 0 Å². The first kappa shape index (κ1) is 11.1. The third-order valence-corrected chi connectivity index (χ3v) is 5.23. The number of hydrogen-bond donors (Lipinski definition) is 1. The molecule has 0 spiro atoms. The zero-order valence-corrected chi connectivity index (χ0v) is 10.7. The quantitative estimate of drug-likeness (QED) is 0.767. The Morgan fingerprint density at radius 3 is 3.00 bits per heavy atom. The van der Waals surface area contributed by atoms with Gasteiger partial charge in [0.25, 0.3) is 0 Å². The molecular weight excluding hydrogens is 208 g/mol. The van der Waals surface area contributed by atoms with Crippen molar-refractivity contribution in [2.45, 2.75) is 57.3 Å². The van der Waals surface area contributed by atoms with E-state index in [9.17, 15) is 5.11 Å². The molecular formula is C16H22O. The standard InChI is InChI=1S/C16H22O/c1-2-16-10-4-3-5-13(16)8-6-12-7-9-14(17)11-15(12)16/h7,9,11,13,17H,2-6,8,10H2,1H3/t13-,16-/m1/s1. The summed E-state index contributed by atoms with van der Waals surface area (Å²) in [6, 6.07) is 6.05. The van der Waals surface area contributed by atoms with Crippen molar-refractivity contribution in [2.24, 2.45) is 5.92 Å². The Balaban J connectivity index is 2.13. The highest BCUT2D eigenvalue weighted by molar-refractivity contribution is 5.43. The first-order valence-electron chi connectivity index (χ1n) is 7.08. The number of phenolic OH excluding ortho intramolecular Hbond substituents is 1. The number of fused-ring (bicyclic) bond motifs is 3. The molecule has 1 aromatic carbocycles. The second kappa shape index (κ2) is 4.04. The summed E-state index contributed by atoms with van der Waals surface area (Å²) in [6.07, 6.45) is 9.27. The van der Waals surface area contributed by atoms with E-state index in [1.807, 2.05) is 6.07 Å². The van der Waals surface area contributed by atoms with Crippen LogP contribution in [0.2, 0.25) is 0 Å². The summed E-state index contributed by atoms with van der Waals surface area (Å²) in [5.41, 5.74) is 3.34. The smallest absolute Gasteiger partial charge is 0.115 e. The van der Waals surface area contributed by atoms with Gasteiger partial charge in [-0.15, -0.1) is 0 Å². The molecule has 1 heteroatoms. The van der Waals surface area contributed by atoms with E-state index in [0.29, 0.717) is 11.2 Å². The van der Waals surface area contributed by atoms with Crippen molar-refractivity contribution in [2.75, 3.05) is 0 Å². The molecule has 0 radical (unpaired) electrons. The lowest BCUT2D eigenvalue weighted by molar-refractivity contribution is 0.153. The van der Waals surface area contributed by atoms with Gasteiger partial charge in [0.05, 0.1) is 0 Å². The van der Waals surface area contributed by atoms with Crippen LogP contribution in [0.5, 0.6) is 5.75 Å². The summed E-state index contributed by atoms with van der Waals surface area (Å²) in [5, 5.41) is 9.79. The van der Waals surface area contributed by atoms with Gasteiger partial charge in [-0.2, -0.15) is 0 Å². The molecule has 1 saturated carbocycles. The average molecular weight is 230 g/mol. The normalized spacial score (nSPS) is 31.7. The van der Waals surface area contributed by atoms with Crippen molar-refractivity contribution in [3.63, 3.8) is 0 Å². The molecule has 2 atom stereocenters. The van der Waals surface area contributed by atoms with Crippen LogP contribution in [0.15, 0.2) is 18.2 Å². The molecule has 0 unspecified atom stereocenters. The molecule has 0 heterocycles. The number of rotatable bonds is 1. The first-order valence-corrected chi connectivity index (χ1v) is 7.08. The van der Waals surface area contributed by atoms with Gasteiger partial charge in [-0.1, -0.05) is 25.8 Å². The molecule has 92 valence electrons. The van der Waals surface area contributed by atoms with Crippen molar-refractivity contribution >= 4 is 0 Å². The fourth-order valence-electron chi connectivity index (χ4n) is 4.32. The van der Waals surface area contributed by atoms with E-state index in [0.717, 1.165) is 5.92 Å². The van der Waals surface area contributed by atoms with Crippen LogP contribution in [-0.4, -0.2) is 5.11 Å². The van der Waals surface area contributed by atoms with Crippen molar-refractivity contribution in [3.05, 3.63) is 29.3 Å². The molecule has 3 rings (SSSR count). The van der Waals surface area contributed by atoms with E-state index < -0.39 is 0 Å². The zero-order chi connectivity index (χ0) is 11.9. The second-order valence-corrected chi connectivity index (χ2v) is 5.83. The monoisotopic (exact) mass is 230 g/mol. The summed E-state index contributed by atoms with van der Waals surface area (Å²) in [4.78, 5) is 0. The van der Waals surface area contributed by atoms with Gasteiger partial charge in [0.15, 0.2) is 0 Å². The van der Waals surface area contributed by atoms with E-state index in [1.165, 1.54) is 56.1 Å². The Morgan fingerprint density at radius 2 is 2.18 bits per heavy atom. The zero-order valence-electron chi connectivity index (χ0n) is 10.7. The maximum absolute atomic E-state index is 9.79. The molecule has 0 bridgehead atoms. The highest BCUT2D eigenvalue weighted by Gasteiger charge is 2.43. The molecule has 0 aromatic heterocycles. The van der Waals surface area contributed by atoms with Gasteiger partial charge in [0, 0.05) is 0 Å². The first-order chi connectivity index (χ1) is 8.26. The van der Waals surface area contributed by atoms with Crippen molar-refractivity contribution < 1.29 is 5.11 Å². The predicted octanol–water partition coefficient (Wildman–Crippen LogP) is 4.18. The summed E-state index contributed by atoms with van der Waals surface area (Å²) >= 11 is 0. The average Bonchev–Trinajstić information content (AvgIpc) is 2.38. The molecule has 0 aliphatic heterocycles. The van der Waals surface area contributed by atoms with Crippen LogP contribution in [-0.2, 0) is 11.8 Å². The highest BCUT2D eigenvalue weighted by Crippen LogP contribution is 2.52. The molecule has 1 aromatic rings. The van der Waals surface area contributed by atoms with Crippen molar-refractivity contribution in [1.82, 2.24) is 0 Å². The second-order valence-electron chi connectivity index (χ2n) is 5.83. The molecule has 1 fully saturated rings. The van der Waals surface area contributed by atoms with Gasteiger partial charge in [-0.3, -0.25) is 0 Å². The summed E-state index contributed by atoms with van der Waals surface area (Å²) in [7, 11) is 0. The van der Waals surface area contributed by atoms with E-state index in [-0.39, 0.29) is 0 Å². The van der Waals surface area contributed by atoms with Crippen molar-refractivity contribution in [3.8, 4) is 5.75 Å². The summed E-state index contributed by atoms with van der Waals surface area (Å²) in [5.74, 6) is 1.30. The maximum Gasteiger partial charge on any atom is 0.115 e. The Labute approximate surface area is 104 Å². The van der Waals surface area contributed by atoms with Gasteiger partial charge >= 0.3 is 0 Å². The molecule has 0 saturated heterocycles. The lowest BCUT2D eigenvalue weighted by Crippen LogP contribution is -2.41. The molecule has 2 aliphatic rings. The minimum atomic E-state index is 0.380. The molecule has 17 heavy (non-hydrogen) atoms. The van der Waals surface area contributed by atoms with E-state index in [4.69, 9.17) is 0 Å². The fraction of sp³-hybridized carbons (Fsp3) is 0.625. The number of aryl methyl sites for hydroxylation is 1. The Hall–Kier alpha value is -0.980. The Kier molecular flexibility index (Phi) is 2.65. The van der Waals surface area contributed by atoms with E-state index >= 15 is 0 Å². The topological polar surface area (TPSA) is 20.2 Å². The fourth-order valence-corrected chi connectivity index (χ4v) is 4.32. The maximum atomic E-state index is 9.79. The molecule has 1 N–H and O–H groups in total. The minimum absolute atomic E-state index is 0.380. The van der Waals surface area contributed by atoms with Gasteiger partial charge < -0.3 is 5.11 Å². The van der Waals surface area contributed by atoms with Crippen LogP contribution in [0.1, 0.15) is 56.6 Å². The van der Waals surface area contributed by atoms with Gasteiger partial charge in [0.2, 0.25) is 0 Å². The van der Waals surface area contributed by atoms with Gasteiger partial charge in [0.1, 0.15) is 5.75 Å². The molecule has 0 amide bonds. The predicted molar refractivity (Wildman–Crippen MR) is 70.4 cm³/mol. The minimum Gasteiger partial charge on any atom is -0.508 e. The lowest BCUT2D eigenvalue weighted by atomic mass is 9.56. The number of phenols is 1. The van der Waals surface area contributed by atoms with Crippen LogP contribution in [0.3, 0.4) is 0 Å². The third kappa shape index (κ3) is 1.59. The number of benzene rings is 1. The van der Waals surface area contributed by atoms with Crippen molar-refractivity contribution in [1.29, 1.82) is 0 Å². The Morgan fingerprint density at radius 1 is 1.29 bits per heavy atom. The molecule has 2 aliphatic carbocycles. The summed E-state index contributed by atoms with van der Waals surface area (Å²) in [6.45, 7) is 2.33. The third-order valence-electron chi connectivity index (χ3n) is 5.23. The largest absolute Gasteiger partial charge is 0.508 e. The number of aromatic hydroxyl groups is 1. The highest BCUT2D eigenvalue weighted by atomic mass is 16.3. The van der Waals surface area contributed by atoms with Crippen LogP contribution in [0.25, 0.3) is 0 Å². The lowest BCUT2D eigenvalue weighted by Gasteiger charge is -2.48. The SMILES string of the molecule is CC[C@@]12CCCC[C@@H]1CCc1ccc(O)cc12. The van der Waals surface area contributed by atoms with Crippen LogP contribution < -0.4 is 0 Å². The molecule has 1 nitrogen and oxygen atoms in total. The van der Waals surface area contributed by atoms with Crippen LogP contribution in [0, 0.1) is 5.92 Å². The van der Waals surface area contributed by atoms with E-state index in [2.05, 4.69) is 19.1 Å². The Bertz CT molecular complexity index is 424. The summed E-state index contributed by atoms with van der Waals surface area (Å²) < 4.78 is 0.